The smallest absolute Gasteiger partial charge is 0.0972 e. The largest absolute Gasteiger partial charge is 0.360 e. The minimum absolute atomic E-state index is 0.455. The molecule has 1 fully saturated rings. The summed E-state index contributed by atoms with van der Waals surface area (Å²) < 4.78 is 0. The van der Waals surface area contributed by atoms with Gasteiger partial charge in [-0.3, -0.25) is 4.99 Å². The van der Waals surface area contributed by atoms with Gasteiger partial charge in [0.15, 0.2) is 0 Å². The maximum absolute atomic E-state index is 4.55. The maximum Gasteiger partial charge on any atom is 0.0972 e. The van der Waals surface area contributed by atoms with Crippen LogP contribution in [0.15, 0.2) is 28.3 Å². The zero-order valence-electron chi connectivity index (χ0n) is 7.90. The molecule has 1 aliphatic heterocycles. The summed E-state index contributed by atoms with van der Waals surface area (Å²) in [4.78, 5) is 6.81. The van der Waals surface area contributed by atoms with E-state index in [0.717, 1.165) is 0 Å². The number of aliphatic imine (C=N–C) groups is 1. The second-order valence-corrected chi connectivity index (χ2v) is 4.11. The fourth-order valence-electron chi connectivity index (χ4n) is 2.61. The highest BCUT2D eigenvalue weighted by Crippen LogP contribution is 2.40. The Morgan fingerprint density at radius 2 is 2.23 bits per heavy atom. The molecule has 1 saturated carbocycles. The Balaban J connectivity index is 2.01. The standard InChI is InChI=1S/C11H14N2/c1-13-7-12-11-9-5-3-2-4-8(9)6-10(11)13/h4-5,7,10-11H,2-3,6H2,1H3. The molecular weight excluding hydrogens is 160 g/mol. The van der Waals surface area contributed by atoms with Gasteiger partial charge in [0.05, 0.1) is 18.4 Å². The van der Waals surface area contributed by atoms with Gasteiger partial charge in [0.2, 0.25) is 0 Å². The van der Waals surface area contributed by atoms with E-state index in [1.54, 1.807) is 5.57 Å². The first-order chi connectivity index (χ1) is 6.36. The third-order valence-corrected chi connectivity index (χ3v) is 3.34. The number of nitrogens with zero attached hydrogens (tertiary/aromatic N) is 2. The van der Waals surface area contributed by atoms with Crippen LogP contribution in [-0.2, 0) is 0 Å². The van der Waals surface area contributed by atoms with Crippen molar-refractivity contribution in [3.05, 3.63) is 23.3 Å². The Morgan fingerprint density at radius 1 is 1.38 bits per heavy atom. The van der Waals surface area contributed by atoms with Crippen molar-refractivity contribution in [2.45, 2.75) is 31.3 Å². The minimum Gasteiger partial charge on any atom is -0.360 e. The van der Waals surface area contributed by atoms with Gasteiger partial charge in [-0.2, -0.15) is 0 Å². The van der Waals surface area contributed by atoms with Crippen LogP contribution in [0.5, 0.6) is 0 Å². The molecule has 0 amide bonds. The molecule has 0 aromatic carbocycles. The molecule has 0 bridgehead atoms. The van der Waals surface area contributed by atoms with Crippen molar-refractivity contribution in [2.75, 3.05) is 7.05 Å². The average molecular weight is 174 g/mol. The summed E-state index contributed by atoms with van der Waals surface area (Å²) in [6.07, 6.45) is 10.4. The van der Waals surface area contributed by atoms with Gasteiger partial charge in [0.25, 0.3) is 0 Å². The van der Waals surface area contributed by atoms with Crippen molar-refractivity contribution in [1.29, 1.82) is 0 Å². The summed E-state index contributed by atoms with van der Waals surface area (Å²) in [5.74, 6) is 0. The second-order valence-electron chi connectivity index (χ2n) is 4.11. The first-order valence-electron chi connectivity index (χ1n) is 5.01. The normalized spacial score (nSPS) is 35.6. The van der Waals surface area contributed by atoms with Crippen molar-refractivity contribution in [3.63, 3.8) is 0 Å². The SMILES string of the molecule is CN1C=NC2C3=CCCC=C3CC21. The summed E-state index contributed by atoms with van der Waals surface area (Å²) in [6.45, 7) is 0. The summed E-state index contributed by atoms with van der Waals surface area (Å²) in [6, 6.07) is 1.08. The van der Waals surface area contributed by atoms with Crippen molar-refractivity contribution in [2.24, 2.45) is 4.99 Å². The van der Waals surface area contributed by atoms with Crippen LogP contribution in [0.2, 0.25) is 0 Å². The Bertz CT molecular complexity index is 325. The molecule has 0 saturated heterocycles. The van der Waals surface area contributed by atoms with Crippen molar-refractivity contribution in [1.82, 2.24) is 4.90 Å². The Hall–Kier alpha value is -1.05. The Labute approximate surface area is 78.6 Å². The van der Waals surface area contributed by atoms with Crippen LogP contribution in [0.3, 0.4) is 0 Å². The molecule has 0 spiro atoms. The third-order valence-electron chi connectivity index (χ3n) is 3.34. The first-order valence-corrected chi connectivity index (χ1v) is 5.01. The van der Waals surface area contributed by atoms with Gasteiger partial charge in [-0.25, -0.2) is 0 Å². The highest BCUT2D eigenvalue weighted by Gasteiger charge is 2.39. The number of likely N-dealkylation sites (N-methyl/N-ethyl adjacent to an activating group) is 1. The molecule has 3 aliphatic rings. The number of fused-ring (bicyclic) bond motifs is 3. The van der Waals surface area contributed by atoms with E-state index in [-0.39, 0.29) is 0 Å². The lowest BCUT2D eigenvalue weighted by Crippen LogP contribution is -2.29. The van der Waals surface area contributed by atoms with E-state index < -0.39 is 0 Å². The third kappa shape index (κ3) is 0.916. The van der Waals surface area contributed by atoms with E-state index in [1.807, 2.05) is 6.34 Å². The number of allylic oxidation sites excluding steroid dienone is 2. The van der Waals surface area contributed by atoms with Crippen LogP contribution in [-0.4, -0.2) is 30.4 Å². The lowest BCUT2D eigenvalue weighted by Gasteiger charge is -2.16. The molecule has 2 unspecified atom stereocenters. The number of hydrogen-bond acceptors (Lipinski definition) is 2. The van der Waals surface area contributed by atoms with Gasteiger partial charge in [-0.1, -0.05) is 12.2 Å². The average Bonchev–Trinajstić information content (AvgIpc) is 2.67. The predicted molar refractivity (Wildman–Crippen MR) is 53.8 cm³/mol. The lowest BCUT2D eigenvalue weighted by molar-refractivity contribution is 0.399. The van der Waals surface area contributed by atoms with Gasteiger partial charge < -0.3 is 4.90 Å². The van der Waals surface area contributed by atoms with Gasteiger partial charge in [-0.15, -0.1) is 0 Å². The molecule has 0 aromatic rings. The minimum atomic E-state index is 0.455. The highest BCUT2D eigenvalue weighted by molar-refractivity contribution is 5.63. The Morgan fingerprint density at radius 3 is 3.15 bits per heavy atom. The molecule has 3 rings (SSSR count). The quantitative estimate of drug-likeness (QED) is 0.546. The fraction of sp³-hybridized carbons (Fsp3) is 0.545. The number of hydrogen-bond donors (Lipinski definition) is 0. The van der Waals surface area contributed by atoms with Crippen LogP contribution in [0, 0.1) is 0 Å². The molecule has 0 radical (unpaired) electrons. The molecule has 0 aromatic heterocycles. The van der Waals surface area contributed by atoms with Gasteiger partial charge in [-0.05, 0) is 30.4 Å². The molecule has 2 atom stereocenters. The van der Waals surface area contributed by atoms with Crippen molar-refractivity contribution < 1.29 is 0 Å². The van der Waals surface area contributed by atoms with E-state index in [0.29, 0.717) is 12.1 Å². The van der Waals surface area contributed by atoms with E-state index in [1.165, 1.54) is 24.8 Å². The van der Waals surface area contributed by atoms with Crippen LogP contribution in [0.25, 0.3) is 0 Å². The van der Waals surface area contributed by atoms with E-state index in [4.69, 9.17) is 0 Å². The molecule has 13 heavy (non-hydrogen) atoms. The molecule has 68 valence electrons. The molecular formula is C11H14N2. The van der Waals surface area contributed by atoms with E-state index in [9.17, 15) is 0 Å². The van der Waals surface area contributed by atoms with Crippen LogP contribution >= 0.6 is 0 Å². The van der Waals surface area contributed by atoms with Gasteiger partial charge in [0.1, 0.15) is 0 Å². The summed E-state index contributed by atoms with van der Waals surface area (Å²) >= 11 is 0. The topological polar surface area (TPSA) is 15.6 Å². The fourth-order valence-corrected chi connectivity index (χ4v) is 2.61. The van der Waals surface area contributed by atoms with Crippen LogP contribution in [0.1, 0.15) is 19.3 Å². The Kier molecular flexibility index (Phi) is 1.40. The number of rotatable bonds is 0. The van der Waals surface area contributed by atoms with Crippen molar-refractivity contribution >= 4 is 6.34 Å². The zero-order chi connectivity index (χ0) is 8.84. The predicted octanol–water partition coefficient (Wildman–Crippen LogP) is 1.75. The molecule has 2 nitrogen and oxygen atoms in total. The van der Waals surface area contributed by atoms with Crippen LogP contribution < -0.4 is 0 Å². The lowest BCUT2D eigenvalue weighted by atomic mass is 9.99. The molecule has 1 heterocycles. The van der Waals surface area contributed by atoms with E-state index >= 15 is 0 Å². The molecule has 2 heteroatoms. The molecule has 2 aliphatic carbocycles. The highest BCUT2D eigenvalue weighted by atomic mass is 15.2. The van der Waals surface area contributed by atoms with Crippen molar-refractivity contribution in [3.8, 4) is 0 Å². The monoisotopic (exact) mass is 174 g/mol. The summed E-state index contributed by atoms with van der Waals surface area (Å²) in [7, 11) is 2.13. The van der Waals surface area contributed by atoms with Crippen LogP contribution in [0.4, 0.5) is 0 Å². The second kappa shape index (κ2) is 2.47. The zero-order valence-corrected chi connectivity index (χ0v) is 7.90. The van der Waals surface area contributed by atoms with Gasteiger partial charge >= 0.3 is 0 Å². The van der Waals surface area contributed by atoms with Gasteiger partial charge in [0, 0.05) is 7.05 Å². The summed E-state index contributed by atoms with van der Waals surface area (Å²) in [5.41, 5.74) is 3.07. The first kappa shape index (κ1) is 7.36. The summed E-state index contributed by atoms with van der Waals surface area (Å²) in [5, 5.41) is 0. The maximum atomic E-state index is 4.55. The van der Waals surface area contributed by atoms with E-state index in [2.05, 4.69) is 29.1 Å². The molecule has 0 N–H and O–H groups in total.